The summed E-state index contributed by atoms with van der Waals surface area (Å²) in [5, 5.41) is 7.31. The first-order chi connectivity index (χ1) is 19.2. The molecule has 2 aromatic rings. The first kappa shape index (κ1) is 29.8. The summed E-state index contributed by atoms with van der Waals surface area (Å²) in [7, 11) is 0. The second kappa shape index (κ2) is 17.7. The molecule has 0 spiro atoms. The van der Waals surface area contributed by atoms with Gasteiger partial charge in [0.2, 0.25) is 0 Å². The molecule has 0 saturated carbocycles. The van der Waals surface area contributed by atoms with Gasteiger partial charge in [-0.2, -0.15) is 0 Å². The maximum Gasteiger partial charge on any atom is 0.0388 e. The standard InChI is InChI=1S/C37H46N2/c1-4-6-8-11-19-31(3)20-12-10-16-28-38-35-25-17-23-33(29-35)34-24-18-26-36(30-34)39-37-27-15-14-22-32(37)21-13-9-7-5-2/h4-8,10-12,16-18,20,23-26,29-30,38-39H,3,9,13-15,19,21-22,27-28H2,1-2H3/b6-4-,7-5-,11-8-,16-10-,20-12-. The van der Waals surface area contributed by atoms with Gasteiger partial charge in [-0.15, -0.1) is 0 Å². The molecule has 1 aliphatic rings. The Morgan fingerprint density at radius 3 is 2.36 bits per heavy atom. The molecule has 0 radical (unpaired) electrons. The zero-order valence-electron chi connectivity index (χ0n) is 24.0. The topological polar surface area (TPSA) is 24.1 Å². The minimum atomic E-state index is 0.772. The molecule has 0 atom stereocenters. The van der Waals surface area contributed by atoms with E-state index in [2.05, 4.69) is 121 Å². The van der Waals surface area contributed by atoms with Crippen LogP contribution in [0.3, 0.4) is 0 Å². The van der Waals surface area contributed by atoms with E-state index in [-0.39, 0.29) is 0 Å². The maximum absolute atomic E-state index is 4.10. The van der Waals surface area contributed by atoms with Gasteiger partial charge >= 0.3 is 0 Å². The summed E-state index contributed by atoms with van der Waals surface area (Å²) in [6, 6.07) is 17.5. The summed E-state index contributed by atoms with van der Waals surface area (Å²) in [6.45, 7) is 8.99. The lowest BCUT2D eigenvalue weighted by molar-refractivity contribution is 0.639. The van der Waals surface area contributed by atoms with Crippen LogP contribution in [0.2, 0.25) is 0 Å². The number of nitrogens with one attached hydrogen (secondary N) is 2. The second-order valence-corrected chi connectivity index (χ2v) is 10.0. The monoisotopic (exact) mass is 518 g/mol. The molecule has 2 aromatic carbocycles. The zero-order chi connectivity index (χ0) is 27.5. The van der Waals surface area contributed by atoms with E-state index in [1.54, 1.807) is 5.57 Å². The Labute approximate surface area is 237 Å². The van der Waals surface area contributed by atoms with Crippen LogP contribution in [-0.4, -0.2) is 6.54 Å². The molecule has 204 valence electrons. The third-order valence-electron chi connectivity index (χ3n) is 6.84. The molecule has 0 aromatic heterocycles. The van der Waals surface area contributed by atoms with E-state index in [4.69, 9.17) is 0 Å². The summed E-state index contributed by atoms with van der Waals surface area (Å²) >= 11 is 0. The van der Waals surface area contributed by atoms with Crippen molar-refractivity contribution in [1.82, 2.24) is 0 Å². The van der Waals surface area contributed by atoms with Crippen molar-refractivity contribution in [3.8, 4) is 11.1 Å². The van der Waals surface area contributed by atoms with Crippen molar-refractivity contribution in [2.24, 2.45) is 0 Å². The molecular weight excluding hydrogens is 472 g/mol. The van der Waals surface area contributed by atoms with Crippen LogP contribution in [0, 0.1) is 0 Å². The molecule has 2 heteroatoms. The fraction of sp³-hybridized carbons (Fsp3) is 0.297. The third-order valence-corrected chi connectivity index (χ3v) is 6.84. The molecular formula is C37H46N2. The molecule has 0 heterocycles. The van der Waals surface area contributed by atoms with Gasteiger partial charge in [0, 0.05) is 23.6 Å². The van der Waals surface area contributed by atoms with Gasteiger partial charge in [0.25, 0.3) is 0 Å². The van der Waals surface area contributed by atoms with Crippen LogP contribution < -0.4 is 10.6 Å². The van der Waals surface area contributed by atoms with Crippen molar-refractivity contribution >= 4 is 11.4 Å². The summed E-state index contributed by atoms with van der Waals surface area (Å²) in [6.07, 6.45) is 30.5. The molecule has 1 aliphatic carbocycles. The molecule has 3 rings (SSSR count). The number of rotatable bonds is 15. The molecule has 2 nitrogen and oxygen atoms in total. The van der Waals surface area contributed by atoms with E-state index < -0.39 is 0 Å². The van der Waals surface area contributed by atoms with Gasteiger partial charge < -0.3 is 10.6 Å². The smallest absolute Gasteiger partial charge is 0.0388 e. The number of benzene rings is 2. The lowest BCUT2D eigenvalue weighted by Crippen LogP contribution is -2.08. The number of unbranched alkanes of at least 4 members (excludes halogenated alkanes) is 1. The Bertz CT molecular complexity index is 1220. The minimum absolute atomic E-state index is 0.772. The van der Waals surface area contributed by atoms with E-state index >= 15 is 0 Å². The van der Waals surface area contributed by atoms with Gasteiger partial charge in [-0.05, 0) is 101 Å². The summed E-state index contributed by atoms with van der Waals surface area (Å²) in [4.78, 5) is 0. The van der Waals surface area contributed by atoms with E-state index in [1.807, 2.05) is 19.1 Å². The Balaban J connectivity index is 1.56. The fourth-order valence-corrected chi connectivity index (χ4v) is 4.75. The van der Waals surface area contributed by atoms with Crippen LogP contribution in [0.5, 0.6) is 0 Å². The molecule has 39 heavy (non-hydrogen) atoms. The van der Waals surface area contributed by atoms with Crippen LogP contribution in [0.15, 0.2) is 133 Å². The molecule has 0 aliphatic heterocycles. The van der Waals surface area contributed by atoms with Crippen LogP contribution in [0.1, 0.15) is 65.2 Å². The van der Waals surface area contributed by atoms with E-state index in [0.717, 1.165) is 30.6 Å². The van der Waals surface area contributed by atoms with Gasteiger partial charge in [-0.25, -0.2) is 0 Å². The molecule has 0 fully saturated rings. The SMILES string of the molecule is C=C(/C=C\C=C/CNc1cccc(-c2cccc(NC3=C(CCC/C=C\C)CCCC3)c2)c1)C/C=C\C=C/C. The third kappa shape index (κ3) is 11.2. The highest BCUT2D eigenvalue weighted by Gasteiger charge is 2.13. The van der Waals surface area contributed by atoms with Crippen molar-refractivity contribution in [3.63, 3.8) is 0 Å². The van der Waals surface area contributed by atoms with Gasteiger partial charge in [0.15, 0.2) is 0 Å². The average Bonchev–Trinajstić information content (AvgIpc) is 2.96. The highest BCUT2D eigenvalue weighted by atomic mass is 14.9. The van der Waals surface area contributed by atoms with Crippen molar-refractivity contribution in [2.45, 2.75) is 65.2 Å². The lowest BCUT2D eigenvalue weighted by Gasteiger charge is -2.22. The molecule has 0 bridgehead atoms. The van der Waals surface area contributed by atoms with Crippen molar-refractivity contribution in [2.75, 3.05) is 17.2 Å². The van der Waals surface area contributed by atoms with Gasteiger partial charge in [-0.1, -0.05) is 103 Å². The van der Waals surface area contributed by atoms with Gasteiger partial charge in [0.05, 0.1) is 0 Å². The largest absolute Gasteiger partial charge is 0.382 e. The van der Waals surface area contributed by atoms with E-state index in [0.29, 0.717) is 0 Å². The average molecular weight is 519 g/mol. The number of hydrogen-bond donors (Lipinski definition) is 2. The lowest BCUT2D eigenvalue weighted by atomic mass is 9.92. The Kier molecular flexibility index (Phi) is 13.5. The minimum Gasteiger partial charge on any atom is -0.382 e. The van der Waals surface area contributed by atoms with Crippen molar-refractivity contribution < 1.29 is 0 Å². The van der Waals surface area contributed by atoms with Crippen LogP contribution >= 0.6 is 0 Å². The molecule has 0 amide bonds. The van der Waals surface area contributed by atoms with Crippen molar-refractivity contribution in [3.05, 3.63) is 133 Å². The normalized spacial score (nSPS) is 14.5. The maximum atomic E-state index is 4.10. The zero-order valence-corrected chi connectivity index (χ0v) is 24.0. The Morgan fingerprint density at radius 2 is 1.56 bits per heavy atom. The van der Waals surface area contributed by atoms with Crippen LogP contribution in [-0.2, 0) is 0 Å². The quantitative estimate of drug-likeness (QED) is 0.139. The van der Waals surface area contributed by atoms with E-state index in [9.17, 15) is 0 Å². The molecule has 0 unspecified atom stereocenters. The first-order valence-corrected chi connectivity index (χ1v) is 14.5. The predicted molar refractivity (Wildman–Crippen MR) is 174 cm³/mol. The van der Waals surface area contributed by atoms with E-state index in [1.165, 1.54) is 61.0 Å². The fourth-order valence-electron chi connectivity index (χ4n) is 4.75. The highest BCUT2D eigenvalue weighted by molar-refractivity contribution is 5.72. The highest BCUT2D eigenvalue weighted by Crippen LogP contribution is 2.31. The van der Waals surface area contributed by atoms with Crippen molar-refractivity contribution in [1.29, 1.82) is 0 Å². The number of allylic oxidation sites excluding steroid dienone is 12. The van der Waals surface area contributed by atoms with Gasteiger partial charge in [-0.3, -0.25) is 0 Å². The first-order valence-electron chi connectivity index (χ1n) is 14.5. The number of hydrogen-bond acceptors (Lipinski definition) is 2. The Hall–Kier alpha value is -3.78. The van der Waals surface area contributed by atoms with Gasteiger partial charge in [0.1, 0.15) is 0 Å². The Morgan fingerprint density at radius 1 is 0.821 bits per heavy atom. The predicted octanol–water partition coefficient (Wildman–Crippen LogP) is 10.9. The summed E-state index contributed by atoms with van der Waals surface area (Å²) < 4.78 is 0. The second-order valence-electron chi connectivity index (χ2n) is 10.0. The van der Waals surface area contributed by atoms with Crippen LogP contribution in [0.25, 0.3) is 11.1 Å². The number of anilines is 2. The molecule has 2 N–H and O–H groups in total. The molecule has 0 saturated heterocycles. The van der Waals surface area contributed by atoms with Crippen LogP contribution in [0.4, 0.5) is 11.4 Å². The summed E-state index contributed by atoms with van der Waals surface area (Å²) in [5.74, 6) is 0. The summed E-state index contributed by atoms with van der Waals surface area (Å²) in [5.41, 5.74) is 8.92.